The van der Waals surface area contributed by atoms with Gasteiger partial charge in [-0.15, -0.1) is 0 Å². The topological polar surface area (TPSA) is 38.3 Å². The number of methoxy groups -OCH3 is 1. The molecule has 3 atom stereocenters. The van der Waals surface area contributed by atoms with E-state index in [1.807, 2.05) is 0 Å². The molecular weight excluding hydrogens is 247 g/mol. The van der Waals surface area contributed by atoms with Crippen molar-refractivity contribution in [3.8, 4) is 0 Å². The van der Waals surface area contributed by atoms with E-state index in [2.05, 4.69) is 5.32 Å². The monoisotopic (exact) mass is 267 g/mol. The van der Waals surface area contributed by atoms with Crippen molar-refractivity contribution < 1.29 is 22.7 Å². The molecule has 1 saturated heterocycles. The van der Waals surface area contributed by atoms with E-state index >= 15 is 0 Å². The average molecular weight is 267 g/mol. The fourth-order valence-electron chi connectivity index (χ4n) is 2.11. The molecule has 0 spiro atoms. The van der Waals surface area contributed by atoms with Crippen LogP contribution in [0.4, 0.5) is 13.2 Å². The van der Waals surface area contributed by atoms with Crippen molar-refractivity contribution in [2.24, 2.45) is 11.3 Å². The minimum absolute atomic E-state index is 0.116. The SMILES string of the molecule is COC1CC(C(F)(F)F)CNC1C(=O)C(C)(C)C. The summed E-state index contributed by atoms with van der Waals surface area (Å²) in [6.45, 7) is 5.02. The lowest BCUT2D eigenvalue weighted by Crippen LogP contribution is -2.58. The van der Waals surface area contributed by atoms with Crippen LogP contribution in [0.25, 0.3) is 0 Å². The molecule has 0 radical (unpaired) electrons. The number of ketones is 1. The van der Waals surface area contributed by atoms with Gasteiger partial charge in [0.2, 0.25) is 0 Å². The Morgan fingerprint density at radius 3 is 2.22 bits per heavy atom. The van der Waals surface area contributed by atoms with E-state index in [1.54, 1.807) is 20.8 Å². The Labute approximate surface area is 105 Å². The van der Waals surface area contributed by atoms with Gasteiger partial charge in [-0.25, -0.2) is 0 Å². The third-order valence-corrected chi connectivity index (χ3v) is 3.26. The number of halogens is 3. The lowest BCUT2D eigenvalue weighted by atomic mass is 9.80. The largest absolute Gasteiger partial charge is 0.393 e. The highest BCUT2D eigenvalue weighted by Gasteiger charge is 2.47. The number of ether oxygens (including phenoxy) is 1. The number of Topliss-reactive ketones (excluding diaryl/α,β-unsaturated/α-hetero) is 1. The second-order valence-electron chi connectivity index (χ2n) is 5.75. The standard InChI is InChI=1S/C12H20F3NO2/c1-11(2,3)10(17)9-8(18-4)5-7(6-16-9)12(13,14)15/h7-9,16H,5-6H2,1-4H3. The molecule has 6 heteroatoms. The van der Waals surface area contributed by atoms with Gasteiger partial charge in [0.05, 0.1) is 18.1 Å². The summed E-state index contributed by atoms with van der Waals surface area (Å²) in [6.07, 6.45) is -5.14. The number of rotatable bonds is 2. The van der Waals surface area contributed by atoms with Gasteiger partial charge in [0.15, 0.2) is 5.78 Å². The number of nitrogens with one attached hydrogen (secondary N) is 1. The van der Waals surface area contributed by atoms with Gasteiger partial charge < -0.3 is 10.1 Å². The summed E-state index contributed by atoms with van der Waals surface area (Å²) in [6, 6.07) is -0.659. The molecule has 0 saturated carbocycles. The molecule has 0 amide bonds. The molecule has 18 heavy (non-hydrogen) atoms. The number of hydrogen-bond donors (Lipinski definition) is 1. The van der Waals surface area contributed by atoms with Crippen molar-refractivity contribution in [2.45, 2.75) is 45.5 Å². The van der Waals surface area contributed by atoms with E-state index in [4.69, 9.17) is 4.74 Å². The van der Waals surface area contributed by atoms with E-state index in [1.165, 1.54) is 7.11 Å². The summed E-state index contributed by atoms with van der Waals surface area (Å²) in [5.41, 5.74) is -0.598. The maximum absolute atomic E-state index is 12.6. The Hall–Kier alpha value is -0.620. The van der Waals surface area contributed by atoms with Crippen molar-refractivity contribution in [2.75, 3.05) is 13.7 Å². The van der Waals surface area contributed by atoms with Crippen molar-refractivity contribution in [3.63, 3.8) is 0 Å². The van der Waals surface area contributed by atoms with E-state index < -0.39 is 29.7 Å². The zero-order valence-electron chi connectivity index (χ0n) is 11.1. The van der Waals surface area contributed by atoms with Crippen molar-refractivity contribution in [1.82, 2.24) is 5.32 Å². The number of hydrogen-bond acceptors (Lipinski definition) is 3. The fraction of sp³-hybridized carbons (Fsp3) is 0.917. The first-order valence-corrected chi connectivity index (χ1v) is 5.94. The predicted octanol–water partition coefficient (Wildman–Crippen LogP) is 2.16. The summed E-state index contributed by atoms with van der Waals surface area (Å²) >= 11 is 0. The molecule has 1 heterocycles. The van der Waals surface area contributed by atoms with E-state index in [0.29, 0.717) is 0 Å². The lowest BCUT2D eigenvalue weighted by Gasteiger charge is -2.38. The molecule has 0 aromatic heterocycles. The number of piperidine rings is 1. The Kier molecular flexibility index (Phi) is 4.43. The van der Waals surface area contributed by atoms with E-state index in [0.717, 1.165) is 0 Å². The minimum atomic E-state index is -4.25. The van der Waals surface area contributed by atoms with Crippen molar-refractivity contribution in [1.29, 1.82) is 0 Å². The summed E-state index contributed by atoms with van der Waals surface area (Å²) in [7, 11) is 1.34. The molecule has 1 N–H and O–H groups in total. The molecule has 1 aliphatic heterocycles. The van der Waals surface area contributed by atoms with Crippen LogP contribution in [-0.4, -0.2) is 37.8 Å². The Morgan fingerprint density at radius 2 is 1.83 bits per heavy atom. The predicted molar refractivity (Wildman–Crippen MR) is 61.2 cm³/mol. The van der Waals surface area contributed by atoms with Gasteiger partial charge in [0, 0.05) is 19.1 Å². The lowest BCUT2D eigenvalue weighted by molar-refractivity contribution is -0.191. The maximum atomic E-state index is 12.6. The van der Waals surface area contributed by atoms with Crippen LogP contribution in [0.2, 0.25) is 0 Å². The van der Waals surface area contributed by atoms with Gasteiger partial charge in [-0.2, -0.15) is 13.2 Å². The van der Waals surface area contributed by atoms with Crippen LogP contribution >= 0.6 is 0 Å². The van der Waals surface area contributed by atoms with Crippen LogP contribution < -0.4 is 5.32 Å². The molecule has 1 fully saturated rings. The number of carbonyl (C=O) groups is 1. The van der Waals surface area contributed by atoms with Gasteiger partial charge in [-0.3, -0.25) is 4.79 Å². The van der Waals surface area contributed by atoms with Gasteiger partial charge in [-0.1, -0.05) is 20.8 Å². The molecule has 3 nitrogen and oxygen atoms in total. The molecular formula is C12H20F3NO2. The molecule has 0 aliphatic carbocycles. The summed E-state index contributed by atoms with van der Waals surface area (Å²) in [5.74, 6) is -1.57. The first-order valence-electron chi connectivity index (χ1n) is 5.94. The minimum Gasteiger partial charge on any atom is -0.379 e. The van der Waals surface area contributed by atoms with E-state index in [9.17, 15) is 18.0 Å². The number of alkyl halides is 3. The van der Waals surface area contributed by atoms with E-state index in [-0.39, 0.29) is 18.7 Å². The second kappa shape index (κ2) is 5.17. The maximum Gasteiger partial charge on any atom is 0.393 e. The quantitative estimate of drug-likeness (QED) is 0.833. The van der Waals surface area contributed by atoms with Gasteiger partial charge in [0.1, 0.15) is 0 Å². The molecule has 1 aliphatic rings. The summed E-state index contributed by atoms with van der Waals surface area (Å²) in [5, 5.41) is 2.69. The van der Waals surface area contributed by atoms with Crippen LogP contribution in [-0.2, 0) is 9.53 Å². The van der Waals surface area contributed by atoms with Crippen LogP contribution in [0.1, 0.15) is 27.2 Å². The summed E-state index contributed by atoms with van der Waals surface area (Å²) in [4.78, 5) is 12.1. The smallest absolute Gasteiger partial charge is 0.379 e. The van der Waals surface area contributed by atoms with Crippen molar-refractivity contribution >= 4 is 5.78 Å². The third-order valence-electron chi connectivity index (χ3n) is 3.26. The van der Waals surface area contributed by atoms with Crippen LogP contribution in [0.5, 0.6) is 0 Å². The normalized spacial score (nSPS) is 30.3. The van der Waals surface area contributed by atoms with Crippen LogP contribution in [0.3, 0.4) is 0 Å². The molecule has 0 bridgehead atoms. The van der Waals surface area contributed by atoms with Crippen LogP contribution in [0.15, 0.2) is 0 Å². The van der Waals surface area contributed by atoms with Crippen LogP contribution in [0, 0.1) is 11.3 Å². The Bertz CT molecular complexity index is 309. The second-order valence-corrected chi connectivity index (χ2v) is 5.75. The fourth-order valence-corrected chi connectivity index (χ4v) is 2.11. The van der Waals surface area contributed by atoms with Crippen molar-refractivity contribution in [3.05, 3.63) is 0 Å². The zero-order valence-corrected chi connectivity index (χ0v) is 11.1. The Balaban J connectivity index is 2.79. The van der Waals surface area contributed by atoms with Gasteiger partial charge in [-0.05, 0) is 6.42 Å². The average Bonchev–Trinajstić information content (AvgIpc) is 2.24. The Morgan fingerprint density at radius 1 is 1.28 bits per heavy atom. The highest BCUT2D eigenvalue weighted by atomic mass is 19.4. The summed E-state index contributed by atoms with van der Waals surface area (Å²) < 4.78 is 43.0. The highest BCUT2D eigenvalue weighted by molar-refractivity contribution is 5.89. The molecule has 106 valence electrons. The first kappa shape index (κ1) is 15.4. The molecule has 3 unspecified atom stereocenters. The molecule has 0 aromatic carbocycles. The third kappa shape index (κ3) is 3.45. The molecule has 1 rings (SSSR count). The highest BCUT2D eigenvalue weighted by Crippen LogP contribution is 2.34. The van der Waals surface area contributed by atoms with Gasteiger partial charge >= 0.3 is 6.18 Å². The first-order chi connectivity index (χ1) is 8.07. The number of carbonyl (C=O) groups excluding carboxylic acids is 1. The van der Waals surface area contributed by atoms with Gasteiger partial charge in [0.25, 0.3) is 0 Å². The zero-order chi connectivity index (χ0) is 14.1. The molecule has 0 aromatic rings.